The summed E-state index contributed by atoms with van der Waals surface area (Å²) in [6.45, 7) is 0. The van der Waals surface area contributed by atoms with Crippen molar-refractivity contribution in [3.63, 3.8) is 0 Å². The van der Waals surface area contributed by atoms with E-state index in [1.807, 2.05) is 43.4 Å². The predicted molar refractivity (Wildman–Crippen MR) is 83.9 cm³/mol. The molecule has 0 aliphatic heterocycles. The van der Waals surface area contributed by atoms with Gasteiger partial charge < -0.3 is 10.1 Å². The van der Waals surface area contributed by atoms with Gasteiger partial charge in [-0.3, -0.25) is 4.79 Å². The maximum absolute atomic E-state index is 11.9. The fraction of sp³-hybridized carbons (Fsp3) is 0.125. The molecular formula is C16H15N3O2. The molecule has 0 unspecified atom stereocenters. The lowest BCUT2D eigenvalue weighted by Crippen LogP contribution is -2.09. The Hall–Kier alpha value is -2.82. The summed E-state index contributed by atoms with van der Waals surface area (Å²) in [5.41, 5.74) is 2.49. The highest BCUT2D eigenvalue weighted by molar-refractivity contribution is 5.94. The molecule has 0 atom stereocenters. The SMILES string of the molecule is CNc1ccc(-c2n[nH]c(=O)c3cc(OC)ccc23)cc1. The Morgan fingerprint density at radius 2 is 1.86 bits per heavy atom. The van der Waals surface area contributed by atoms with Crippen LogP contribution in [0.25, 0.3) is 22.0 Å². The van der Waals surface area contributed by atoms with Crippen LogP contribution in [-0.4, -0.2) is 24.4 Å². The summed E-state index contributed by atoms with van der Waals surface area (Å²) in [7, 11) is 3.45. The molecular weight excluding hydrogens is 266 g/mol. The average Bonchev–Trinajstić information content (AvgIpc) is 2.55. The molecule has 5 heteroatoms. The minimum Gasteiger partial charge on any atom is -0.497 e. The molecule has 2 N–H and O–H groups in total. The lowest BCUT2D eigenvalue weighted by molar-refractivity contribution is 0.415. The Kier molecular flexibility index (Phi) is 3.31. The zero-order valence-electron chi connectivity index (χ0n) is 11.8. The van der Waals surface area contributed by atoms with Gasteiger partial charge >= 0.3 is 0 Å². The summed E-state index contributed by atoms with van der Waals surface area (Å²) >= 11 is 0. The second-order valence-corrected chi connectivity index (χ2v) is 4.64. The van der Waals surface area contributed by atoms with E-state index in [4.69, 9.17) is 4.74 Å². The fourth-order valence-corrected chi connectivity index (χ4v) is 2.29. The van der Waals surface area contributed by atoms with E-state index in [-0.39, 0.29) is 5.56 Å². The van der Waals surface area contributed by atoms with Crippen molar-refractivity contribution in [2.24, 2.45) is 0 Å². The van der Waals surface area contributed by atoms with Crippen molar-refractivity contribution < 1.29 is 4.74 Å². The van der Waals surface area contributed by atoms with Gasteiger partial charge in [0.1, 0.15) is 5.75 Å². The topological polar surface area (TPSA) is 67.0 Å². The van der Waals surface area contributed by atoms with Crippen LogP contribution in [0.15, 0.2) is 47.3 Å². The molecule has 106 valence electrons. The van der Waals surface area contributed by atoms with Gasteiger partial charge in [0.2, 0.25) is 0 Å². The number of nitrogens with one attached hydrogen (secondary N) is 2. The lowest BCUT2D eigenvalue weighted by atomic mass is 10.0. The number of aromatic amines is 1. The van der Waals surface area contributed by atoms with Crippen molar-refractivity contribution in [1.82, 2.24) is 10.2 Å². The van der Waals surface area contributed by atoms with Gasteiger partial charge in [0, 0.05) is 23.7 Å². The van der Waals surface area contributed by atoms with E-state index in [9.17, 15) is 4.79 Å². The van der Waals surface area contributed by atoms with Crippen LogP contribution in [0, 0.1) is 0 Å². The maximum atomic E-state index is 11.9. The molecule has 0 aliphatic rings. The molecule has 3 aromatic rings. The summed E-state index contributed by atoms with van der Waals surface area (Å²) in [6.07, 6.45) is 0. The molecule has 5 nitrogen and oxygen atoms in total. The van der Waals surface area contributed by atoms with E-state index in [1.54, 1.807) is 13.2 Å². The zero-order chi connectivity index (χ0) is 14.8. The van der Waals surface area contributed by atoms with Gasteiger partial charge in [-0.25, -0.2) is 5.10 Å². The standard InChI is InChI=1S/C16H15N3O2/c1-17-11-5-3-10(4-6-11)15-13-8-7-12(21-2)9-14(13)16(20)19-18-15/h3-9,17H,1-2H3,(H,19,20). The van der Waals surface area contributed by atoms with E-state index in [2.05, 4.69) is 15.5 Å². The minimum absolute atomic E-state index is 0.223. The minimum atomic E-state index is -0.223. The smallest absolute Gasteiger partial charge is 0.272 e. The number of anilines is 1. The van der Waals surface area contributed by atoms with E-state index in [0.29, 0.717) is 11.1 Å². The van der Waals surface area contributed by atoms with Gasteiger partial charge in [-0.1, -0.05) is 12.1 Å². The van der Waals surface area contributed by atoms with Crippen LogP contribution in [0.5, 0.6) is 5.75 Å². The van der Waals surface area contributed by atoms with Crippen LogP contribution in [0.4, 0.5) is 5.69 Å². The van der Waals surface area contributed by atoms with Crippen molar-refractivity contribution in [2.45, 2.75) is 0 Å². The molecule has 2 aromatic carbocycles. The Balaban J connectivity index is 2.22. The van der Waals surface area contributed by atoms with Crippen LogP contribution in [0.2, 0.25) is 0 Å². The number of hydrogen-bond acceptors (Lipinski definition) is 4. The highest BCUT2D eigenvalue weighted by atomic mass is 16.5. The normalized spacial score (nSPS) is 10.6. The Morgan fingerprint density at radius 3 is 2.52 bits per heavy atom. The Morgan fingerprint density at radius 1 is 1.10 bits per heavy atom. The third-order valence-corrected chi connectivity index (χ3v) is 3.44. The van der Waals surface area contributed by atoms with Gasteiger partial charge in [0.05, 0.1) is 18.2 Å². The third-order valence-electron chi connectivity index (χ3n) is 3.44. The van der Waals surface area contributed by atoms with Crippen LogP contribution in [0.3, 0.4) is 0 Å². The monoisotopic (exact) mass is 281 g/mol. The molecule has 0 fully saturated rings. The molecule has 1 heterocycles. The van der Waals surface area contributed by atoms with Crippen LogP contribution < -0.4 is 15.6 Å². The molecule has 0 amide bonds. The van der Waals surface area contributed by atoms with Gasteiger partial charge in [-0.15, -0.1) is 0 Å². The maximum Gasteiger partial charge on any atom is 0.272 e. The number of aromatic nitrogens is 2. The van der Waals surface area contributed by atoms with Crippen molar-refractivity contribution in [3.05, 3.63) is 52.8 Å². The van der Waals surface area contributed by atoms with Crippen molar-refractivity contribution in [1.29, 1.82) is 0 Å². The molecule has 0 spiro atoms. The fourth-order valence-electron chi connectivity index (χ4n) is 2.29. The Bertz CT molecular complexity index is 838. The van der Waals surface area contributed by atoms with Crippen molar-refractivity contribution >= 4 is 16.5 Å². The summed E-state index contributed by atoms with van der Waals surface area (Å²) in [6, 6.07) is 13.3. The van der Waals surface area contributed by atoms with Gasteiger partial charge in [-0.2, -0.15) is 5.10 Å². The first-order valence-electron chi connectivity index (χ1n) is 6.57. The molecule has 3 rings (SSSR count). The van der Waals surface area contributed by atoms with E-state index >= 15 is 0 Å². The quantitative estimate of drug-likeness (QED) is 0.774. The van der Waals surface area contributed by atoms with Gasteiger partial charge in [-0.05, 0) is 30.3 Å². The average molecular weight is 281 g/mol. The predicted octanol–water partition coefficient (Wildman–Crippen LogP) is 2.64. The third kappa shape index (κ3) is 2.33. The number of benzene rings is 2. The number of hydrogen-bond donors (Lipinski definition) is 2. The van der Waals surface area contributed by atoms with E-state index in [1.165, 1.54) is 0 Å². The number of fused-ring (bicyclic) bond motifs is 1. The number of nitrogens with zero attached hydrogens (tertiary/aromatic N) is 1. The number of methoxy groups -OCH3 is 1. The largest absolute Gasteiger partial charge is 0.497 e. The molecule has 0 aliphatic carbocycles. The highest BCUT2D eigenvalue weighted by Gasteiger charge is 2.09. The Labute approximate surface area is 121 Å². The number of rotatable bonds is 3. The second-order valence-electron chi connectivity index (χ2n) is 4.64. The summed E-state index contributed by atoms with van der Waals surface area (Å²) < 4.78 is 5.17. The van der Waals surface area contributed by atoms with Crippen LogP contribution in [0.1, 0.15) is 0 Å². The van der Waals surface area contributed by atoms with Gasteiger partial charge in [0.25, 0.3) is 5.56 Å². The van der Waals surface area contributed by atoms with Gasteiger partial charge in [0.15, 0.2) is 0 Å². The molecule has 0 radical (unpaired) electrons. The molecule has 21 heavy (non-hydrogen) atoms. The molecule has 0 saturated heterocycles. The van der Waals surface area contributed by atoms with Crippen molar-refractivity contribution in [2.75, 3.05) is 19.5 Å². The summed E-state index contributed by atoms with van der Waals surface area (Å²) in [5.74, 6) is 0.649. The molecule has 1 aromatic heterocycles. The molecule has 0 saturated carbocycles. The highest BCUT2D eigenvalue weighted by Crippen LogP contribution is 2.27. The number of ether oxygens (including phenoxy) is 1. The van der Waals surface area contributed by atoms with Crippen LogP contribution >= 0.6 is 0 Å². The number of H-pyrrole nitrogens is 1. The summed E-state index contributed by atoms with van der Waals surface area (Å²) in [4.78, 5) is 11.9. The lowest BCUT2D eigenvalue weighted by Gasteiger charge is -2.07. The zero-order valence-corrected chi connectivity index (χ0v) is 11.8. The summed E-state index contributed by atoms with van der Waals surface area (Å²) in [5, 5.41) is 11.2. The van der Waals surface area contributed by atoms with E-state index in [0.717, 1.165) is 22.3 Å². The first kappa shape index (κ1) is 13.2. The van der Waals surface area contributed by atoms with E-state index < -0.39 is 0 Å². The molecule has 0 bridgehead atoms. The first-order valence-corrected chi connectivity index (χ1v) is 6.57. The van der Waals surface area contributed by atoms with Crippen LogP contribution in [-0.2, 0) is 0 Å². The van der Waals surface area contributed by atoms with Crippen molar-refractivity contribution in [3.8, 4) is 17.0 Å². The second kappa shape index (κ2) is 5.28. The first-order chi connectivity index (χ1) is 10.2.